The van der Waals surface area contributed by atoms with Crippen molar-refractivity contribution in [2.45, 2.75) is 19.9 Å². The van der Waals surface area contributed by atoms with Gasteiger partial charge in [-0.3, -0.25) is 14.9 Å². The predicted octanol–water partition coefficient (Wildman–Crippen LogP) is 3.75. The van der Waals surface area contributed by atoms with Crippen molar-refractivity contribution in [2.24, 2.45) is 0 Å². The molecule has 0 saturated carbocycles. The lowest BCUT2D eigenvalue weighted by atomic mass is 10.2. The maximum atomic E-state index is 12.2. The highest BCUT2D eigenvalue weighted by Crippen LogP contribution is 2.22. The summed E-state index contributed by atoms with van der Waals surface area (Å²) >= 11 is 5.95. The molecule has 0 aliphatic heterocycles. The van der Waals surface area contributed by atoms with E-state index in [9.17, 15) is 14.9 Å². The third kappa shape index (κ3) is 4.45. The van der Waals surface area contributed by atoms with E-state index >= 15 is 0 Å². The molecular weight excluding hydrogens is 332 g/mol. The summed E-state index contributed by atoms with van der Waals surface area (Å²) in [5.41, 5.74) is 1.03. The highest BCUT2D eigenvalue weighted by atomic mass is 35.5. The maximum absolute atomic E-state index is 12.2. The number of nitro benzene ring substituents is 1. The number of rotatable bonds is 6. The summed E-state index contributed by atoms with van der Waals surface area (Å²) < 4.78 is 5.68. The number of nitrogens with zero attached hydrogens (tertiary/aromatic N) is 1. The molecule has 0 bridgehead atoms. The molecule has 1 N–H and O–H groups in total. The summed E-state index contributed by atoms with van der Waals surface area (Å²) in [5.74, 6) is 0.350. The first kappa shape index (κ1) is 17.7. The van der Waals surface area contributed by atoms with E-state index in [1.54, 1.807) is 6.92 Å². The summed E-state index contributed by atoms with van der Waals surface area (Å²) in [6.45, 7) is 4.03. The highest BCUT2D eigenvalue weighted by Gasteiger charge is 2.17. The number of para-hydroxylation sites is 1. The van der Waals surface area contributed by atoms with Gasteiger partial charge in [0.1, 0.15) is 12.4 Å². The second-order valence-corrected chi connectivity index (χ2v) is 5.78. The molecule has 0 spiro atoms. The Balaban J connectivity index is 1.96. The van der Waals surface area contributed by atoms with Crippen LogP contribution in [0.1, 0.15) is 22.8 Å². The van der Waals surface area contributed by atoms with Crippen molar-refractivity contribution in [1.29, 1.82) is 0 Å². The molecule has 2 aromatic carbocycles. The minimum absolute atomic E-state index is 0.0359. The zero-order chi connectivity index (χ0) is 17.7. The second kappa shape index (κ2) is 7.79. The number of hydrogen-bond donors (Lipinski definition) is 1. The van der Waals surface area contributed by atoms with Crippen LogP contribution in [0, 0.1) is 17.0 Å². The Hall–Kier alpha value is -2.60. The van der Waals surface area contributed by atoms with Crippen LogP contribution in [0.15, 0.2) is 42.5 Å². The second-order valence-electron chi connectivity index (χ2n) is 5.37. The molecule has 0 fully saturated rings. The number of ether oxygens (including phenoxy) is 1. The highest BCUT2D eigenvalue weighted by molar-refractivity contribution is 6.34. The van der Waals surface area contributed by atoms with E-state index in [0.717, 1.165) is 17.4 Å². The lowest BCUT2D eigenvalue weighted by Crippen LogP contribution is -2.37. The van der Waals surface area contributed by atoms with Gasteiger partial charge in [-0.25, -0.2) is 0 Å². The van der Waals surface area contributed by atoms with E-state index in [1.807, 2.05) is 31.2 Å². The van der Waals surface area contributed by atoms with Crippen LogP contribution in [0.3, 0.4) is 0 Å². The van der Waals surface area contributed by atoms with Crippen molar-refractivity contribution >= 4 is 23.2 Å². The molecule has 0 unspecified atom stereocenters. The number of halogens is 1. The molecule has 0 aliphatic carbocycles. The van der Waals surface area contributed by atoms with Crippen LogP contribution in [0.5, 0.6) is 5.75 Å². The molecule has 2 aromatic rings. The molecular formula is C17H17ClN2O4. The third-order valence-corrected chi connectivity index (χ3v) is 3.68. The van der Waals surface area contributed by atoms with Crippen molar-refractivity contribution in [1.82, 2.24) is 5.32 Å². The minimum Gasteiger partial charge on any atom is -0.491 e. The van der Waals surface area contributed by atoms with Crippen LogP contribution in [0.4, 0.5) is 5.69 Å². The molecule has 6 nitrogen and oxygen atoms in total. The molecule has 0 radical (unpaired) electrons. The fourth-order valence-corrected chi connectivity index (χ4v) is 2.34. The first-order valence-corrected chi connectivity index (χ1v) is 7.69. The SMILES string of the molecule is Cc1ccccc1OC[C@H](C)NC(=O)c1ccc([N+](=O)[O-])cc1Cl. The van der Waals surface area contributed by atoms with Gasteiger partial charge in [0, 0.05) is 12.1 Å². The van der Waals surface area contributed by atoms with Gasteiger partial charge in [0.15, 0.2) is 0 Å². The molecule has 0 saturated heterocycles. The van der Waals surface area contributed by atoms with E-state index in [-0.39, 0.29) is 22.3 Å². The number of benzene rings is 2. The normalized spacial score (nSPS) is 11.6. The topological polar surface area (TPSA) is 81.5 Å². The average molecular weight is 349 g/mol. The number of aryl methyl sites for hydroxylation is 1. The lowest BCUT2D eigenvalue weighted by Gasteiger charge is -2.16. The molecule has 0 aromatic heterocycles. The summed E-state index contributed by atoms with van der Waals surface area (Å²) in [4.78, 5) is 22.3. The van der Waals surface area contributed by atoms with Crippen molar-refractivity contribution in [3.05, 3.63) is 68.7 Å². The predicted molar refractivity (Wildman–Crippen MR) is 91.7 cm³/mol. The van der Waals surface area contributed by atoms with Gasteiger partial charge < -0.3 is 10.1 Å². The Kier molecular flexibility index (Phi) is 5.76. The summed E-state index contributed by atoms with van der Waals surface area (Å²) in [6.07, 6.45) is 0. The van der Waals surface area contributed by atoms with Crippen LogP contribution >= 0.6 is 11.6 Å². The Bertz CT molecular complexity index is 764. The van der Waals surface area contributed by atoms with Gasteiger partial charge in [-0.2, -0.15) is 0 Å². The number of carbonyl (C=O) groups excluding carboxylic acids is 1. The monoisotopic (exact) mass is 348 g/mol. The van der Waals surface area contributed by atoms with Crippen molar-refractivity contribution in [3.63, 3.8) is 0 Å². The van der Waals surface area contributed by atoms with Gasteiger partial charge in [0.05, 0.1) is 21.6 Å². The molecule has 0 aliphatic rings. The average Bonchev–Trinajstić information content (AvgIpc) is 2.53. The Morgan fingerprint density at radius 1 is 1.33 bits per heavy atom. The summed E-state index contributed by atoms with van der Waals surface area (Å²) in [6, 6.07) is 11.1. The van der Waals surface area contributed by atoms with E-state index < -0.39 is 10.8 Å². The Morgan fingerprint density at radius 2 is 2.04 bits per heavy atom. The fourth-order valence-electron chi connectivity index (χ4n) is 2.08. The number of non-ortho nitro benzene ring substituents is 1. The summed E-state index contributed by atoms with van der Waals surface area (Å²) in [5, 5.41) is 13.5. The Morgan fingerprint density at radius 3 is 2.67 bits per heavy atom. The first-order chi connectivity index (χ1) is 11.4. The molecule has 1 amide bonds. The van der Waals surface area contributed by atoms with E-state index in [4.69, 9.17) is 16.3 Å². The van der Waals surface area contributed by atoms with E-state index in [1.165, 1.54) is 12.1 Å². The van der Waals surface area contributed by atoms with Crippen LogP contribution in [0.2, 0.25) is 5.02 Å². The standard InChI is InChI=1S/C17H17ClN2O4/c1-11-5-3-4-6-16(11)24-10-12(2)19-17(21)14-8-7-13(20(22)23)9-15(14)18/h3-9,12H,10H2,1-2H3,(H,19,21)/t12-/m0/s1. The lowest BCUT2D eigenvalue weighted by molar-refractivity contribution is -0.384. The molecule has 0 heterocycles. The van der Waals surface area contributed by atoms with Crippen LogP contribution in [-0.2, 0) is 0 Å². The molecule has 126 valence electrons. The number of carbonyl (C=O) groups is 1. The molecule has 1 atom stereocenters. The summed E-state index contributed by atoms with van der Waals surface area (Å²) in [7, 11) is 0. The van der Waals surface area contributed by atoms with Gasteiger partial charge in [-0.05, 0) is 31.5 Å². The van der Waals surface area contributed by atoms with Crippen LogP contribution < -0.4 is 10.1 Å². The van der Waals surface area contributed by atoms with Crippen molar-refractivity contribution < 1.29 is 14.5 Å². The number of nitrogens with one attached hydrogen (secondary N) is 1. The van der Waals surface area contributed by atoms with Crippen LogP contribution in [-0.4, -0.2) is 23.5 Å². The van der Waals surface area contributed by atoms with Gasteiger partial charge in [0.25, 0.3) is 11.6 Å². The van der Waals surface area contributed by atoms with Gasteiger partial charge in [-0.15, -0.1) is 0 Å². The number of hydrogen-bond acceptors (Lipinski definition) is 4. The van der Waals surface area contributed by atoms with E-state index in [0.29, 0.717) is 6.61 Å². The minimum atomic E-state index is -0.563. The van der Waals surface area contributed by atoms with E-state index in [2.05, 4.69) is 5.32 Å². The van der Waals surface area contributed by atoms with Gasteiger partial charge in [-0.1, -0.05) is 29.8 Å². The Labute approximate surface area is 144 Å². The van der Waals surface area contributed by atoms with Gasteiger partial charge >= 0.3 is 0 Å². The number of amides is 1. The smallest absolute Gasteiger partial charge is 0.270 e. The molecule has 7 heteroatoms. The number of nitro groups is 1. The maximum Gasteiger partial charge on any atom is 0.270 e. The quantitative estimate of drug-likeness (QED) is 0.636. The van der Waals surface area contributed by atoms with Gasteiger partial charge in [0.2, 0.25) is 0 Å². The molecule has 24 heavy (non-hydrogen) atoms. The first-order valence-electron chi connectivity index (χ1n) is 7.31. The fraction of sp³-hybridized carbons (Fsp3) is 0.235. The largest absolute Gasteiger partial charge is 0.491 e. The van der Waals surface area contributed by atoms with Crippen molar-refractivity contribution in [2.75, 3.05) is 6.61 Å². The third-order valence-electron chi connectivity index (χ3n) is 3.37. The zero-order valence-electron chi connectivity index (χ0n) is 13.3. The molecule has 2 rings (SSSR count). The zero-order valence-corrected chi connectivity index (χ0v) is 14.0. The van der Waals surface area contributed by atoms with Crippen LogP contribution in [0.25, 0.3) is 0 Å². The van der Waals surface area contributed by atoms with Crippen molar-refractivity contribution in [3.8, 4) is 5.75 Å².